The normalized spacial score (nSPS) is 13.8. The summed E-state index contributed by atoms with van der Waals surface area (Å²) in [5.74, 6) is -0.375. The molecule has 78 valence electrons. The van der Waals surface area contributed by atoms with E-state index in [9.17, 15) is 9.00 Å². The van der Waals surface area contributed by atoms with Crippen molar-refractivity contribution in [3.8, 4) is 0 Å². The van der Waals surface area contributed by atoms with Crippen LogP contribution in [0.15, 0.2) is 0 Å². The minimum Gasteiger partial charge on any atom is -0.465 e. The lowest BCUT2D eigenvalue weighted by molar-refractivity contribution is -0.141. The molecule has 0 bridgehead atoms. The van der Waals surface area contributed by atoms with E-state index >= 15 is 0 Å². The molecule has 0 fully saturated rings. The molecule has 0 aliphatic heterocycles. The Morgan fingerprint density at radius 1 is 1.46 bits per heavy atom. The monoisotopic (exact) mass is 207 g/mol. The van der Waals surface area contributed by atoms with Gasteiger partial charge in [-0.2, -0.15) is 0 Å². The summed E-state index contributed by atoms with van der Waals surface area (Å²) in [4.78, 5) is 10.9. The van der Waals surface area contributed by atoms with Gasteiger partial charge < -0.3 is 4.74 Å². The van der Waals surface area contributed by atoms with E-state index in [-0.39, 0.29) is 17.3 Å². The van der Waals surface area contributed by atoms with Gasteiger partial charge in [0, 0.05) is 0 Å². The Morgan fingerprint density at radius 2 is 2.00 bits per heavy atom. The van der Waals surface area contributed by atoms with Crippen molar-refractivity contribution in [3.05, 3.63) is 0 Å². The Kier molecular flexibility index (Phi) is 5.17. The number of rotatable bonds is 4. The number of nitrogens with one attached hydrogen (secondary N) is 1. The molecule has 5 heteroatoms. The van der Waals surface area contributed by atoms with E-state index in [0.717, 1.165) is 0 Å². The van der Waals surface area contributed by atoms with Gasteiger partial charge in [0.2, 0.25) is 0 Å². The summed E-state index contributed by atoms with van der Waals surface area (Å²) in [6.07, 6.45) is 0. The zero-order chi connectivity index (χ0) is 10.5. The van der Waals surface area contributed by atoms with Crippen molar-refractivity contribution in [2.45, 2.75) is 32.4 Å². The summed E-state index contributed by atoms with van der Waals surface area (Å²) in [5, 5.41) is 0. The van der Waals surface area contributed by atoms with Crippen molar-refractivity contribution in [1.29, 1.82) is 0 Å². The number of carbonyl (C=O) groups excluding carboxylic acids is 1. The van der Waals surface area contributed by atoms with E-state index in [4.69, 9.17) is 0 Å². The Labute approximate surface area is 81.6 Å². The lowest BCUT2D eigenvalue weighted by Crippen LogP contribution is -2.36. The second-order valence-corrected chi connectivity index (χ2v) is 5.56. The Morgan fingerprint density at radius 3 is 2.38 bits per heavy atom. The summed E-state index contributed by atoms with van der Waals surface area (Å²) >= 11 is 0. The molecule has 0 aromatic heterocycles. The minimum atomic E-state index is -1.21. The van der Waals surface area contributed by atoms with E-state index in [0.29, 0.717) is 6.61 Å². The smallest absolute Gasteiger partial charge is 0.320 e. The lowest BCUT2D eigenvalue weighted by Gasteiger charge is -2.17. The van der Waals surface area contributed by atoms with E-state index in [2.05, 4.69) is 9.46 Å². The zero-order valence-corrected chi connectivity index (χ0v) is 9.36. The molecule has 0 aromatic carbocycles. The zero-order valence-electron chi connectivity index (χ0n) is 8.55. The predicted molar refractivity (Wildman–Crippen MR) is 52.5 cm³/mol. The third kappa shape index (κ3) is 5.76. The number of hydrogen-bond acceptors (Lipinski definition) is 3. The van der Waals surface area contributed by atoms with Crippen LogP contribution < -0.4 is 4.72 Å². The molecule has 0 heterocycles. The molecule has 0 amide bonds. The van der Waals surface area contributed by atoms with E-state index in [1.165, 1.54) is 0 Å². The molecule has 0 rings (SSSR count). The fourth-order valence-electron chi connectivity index (χ4n) is 0.553. The number of esters is 1. The summed E-state index contributed by atoms with van der Waals surface area (Å²) in [7, 11) is -1.21. The quantitative estimate of drug-likeness (QED) is 0.687. The summed E-state index contributed by atoms with van der Waals surface area (Å²) in [5.41, 5.74) is 0. The lowest BCUT2D eigenvalue weighted by atomic mass is 10.3. The molecule has 13 heavy (non-hydrogen) atoms. The Balaban J connectivity index is 3.77. The average Bonchev–Trinajstić information content (AvgIpc) is 1.99. The van der Waals surface area contributed by atoms with Crippen LogP contribution in [0.2, 0.25) is 0 Å². The largest absolute Gasteiger partial charge is 0.465 e. The first-order valence-electron chi connectivity index (χ1n) is 4.19. The molecule has 1 unspecified atom stereocenters. The van der Waals surface area contributed by atoms with Crippen LogP contribution in [-0.4, -0.2) is 28.1 Å². The molecule has 0 radical (unpaired) electrons. The molecule has 0 spiro atoms. The predicted octanol–water partition coefficient (Wildman–Crippen LogP) is 0.601. The van der Waals surface area contributed by atoms with Crippen molar-refractivity contribution in [3.63, 3.8) is 0 Å². The molecule has 0 aromatic rings. The van der Waals surface area contributed by atoms with Crippen LogP contribution in [0.1, 0.15) is 27.7 Å². The maximum atomic E-state index is 11.4. The molecular weight excluding hydrogens is 190 g/mol. The summed E-state index contributed by atoms with van der Waals surface area (Å²) in [6.45, 7) is 7.59. The second kappa shape index (κ2) is 5.34. The van der Waals surface area contributed by atoms with Gasteiger partial charge in [-0.25, -0.2) is 8.93 Å². The van der Waals surface area contributed by atoms with Crippen LogP contribution in [0.5, 0.6) is 0 Å². The van der Waals surface area contributed by atoms with Gasteiger partial charge in [-0.05, 0) is 27.7 Å². The van der Waals surface area contributed by atoms with Gasteiger partial charge in [0.1, 0.15) is 6.54 Å². The molecule has 1 atom stereocenters. The fourth-order valence-corrected chi connectivity index (χ4v) is 1.23. The SMILES string of the molecule is CCOC(=O)CNS(=O)C(C)(C)C. The first-order valence-corrected chi connectivity index (χ1v) is 5.34. The van der Waals surface area contributed by atoms with Crippen LogP contribution in [-0.2, 0) is 20.5 Å². The van der Waals surface area contributed by atoms with Crippen molar-refractivity contribution in [2.75, 3.05) is 13.2 Å². The highest BCUT2D eigenvalue weighted by Gasteiger charge is 2.19. The van der Waals surface area contributed by atoms with Gasteiger partial charge in [-0.3, -0.25) is 4.79 Å². The number of ether oxygens (including phenoxy) is 1. The summed E-state index contributed by atoms with van der Waals surface area (Å²) in [6, 6.07) is 0. The van der Waals surface area contributed by atoms with Gasteiger partial charge in [0.25, 0.3) is 0 Å². The van der Waals surface area contributed by atoms with Crippen LogP contribution in [0.3, 0.4) is 0 Å². The minimum absolute atomic E-state index is 0.00226. The number of hydrogen-bond donors (Lipinski definition) is 1. The molecule has 0 aliphatic rings. The second-order valence-electron chi connectivity index (χ2n) is 3.51. The van der Waals surface area contributed by atoms with Gasteiger partial charge in [-0.15, -0.1) is 0 Å². The van der Waals surface area contributed by atoms with E-state index in [1.54, 1.807) is 6.92 Å². The summed E-state index contributed by atoms with van der Waals surface area (Å²) < 4.78 is 18.3. The molecule has 0 saturated carbocycles. The third-order valence-corrected chi connectivity index (χ3v) is 2.73. The maximum Gasteiger partial charge on any atom is 0.320 e. The first kappa shape index (κ1) is 12.6. The van der Waals surface area contributed by atoms with Gasteiger partial charge in [-0.1, -0.05) is 0 Å². The van der Waals surface area contributed by atoms with Crippen molar-refractivity contribution >= 4 is 17.0 Å². The van der Waals surface area contributed by atoms with Crippen LogP contribution in [0.4, 0.5) is 0 Å². The van der Waals surface area contributed by atoms with Gasteiger partial charge in [0.15, 0.2) is 0 Å². The molecule has 1 N–H and O–H groups in total. The molecule has 4 nitrogen and oxygen atoms in total. The first-order chi connectivity index (χ1) is 5.88. The van der Waals surface area contributed by atoms with Crippen LogP contribution in [0, 0.1) is 0 Å². The van der Waals surface area contributed by atoms with E-state index < -0.39 is 11.0 Å². The van der Waals surface area contributed by atoms with Crippen molar-refractivity contribution in [1.82, 2.24) is 4.72 Å². The molecule has 0 aliphatic carbocycles. The van der Waals surface area contributed by atoms with Crippen LogP contribution in [0.25, 0.3) is 0 Å². The van der Waals surface area contributed by atoms with Gasteiger partial charge >= 0.3 is 5.97 Å². The average molecular weight is 207 g/mol. The highest BCUT2D eigenvalue weighted by Crippen LogP contribution is 2.07. The van der Waals surface area contributed by atoms with Crippen molar-refractivity contribution < 1.29 is 13.7 Å². The highest BCUT2D eigenvalue weighted by molar-refractivity contribution is 7.84. The topological polar surface area (TPSA) is 55.4 Å². The highest BCUT2D eigenvalue weighted by atomic mass is 32.2. The van der Waals surface area contributed by atoms with Crippen molar-refractivity contribution in [2.24, 2.45) is 0 Å². The van der Waals surface area contributed by atoms with Crippen LogP contribution >= 0.6 is 0 Å². The van der Waals surface area contributed by atoms with E-state index in [1.807, 2.05) is 20.8 Å². The molecule has 0 saturated heterocycles. The standard InChI is InChI=1S/C8H17NO3S/c1-5-12-7(10)6-9-13(11)8(2,3)4/h9H,5-6H2,1-4H3. The fraction of sp³-hybridized carbons (Fsp3) is 0.875. The third-order valence-electron chi connectivity index (χ3n) is 1.21. The maximum absolute atomic E-state index is 11.4. The number of carbonyl (C=O) groups is 1. The Hall–Kier alpha value is -0.420. The molecular formula is C8H17NO3S. The Bertz CT molecular complexity index is 198. The van der Waals surface area contributed by atoms with Gasteiger partial charge in [0.05, 0.1) is 22.3 Å².